The summed E-state index contributed by atoms with van der Waals surface area (Å²) in [4.78, 5) is 24.3. The summed E-state index contributed by atoms with van der Waals surface area (Å²) in [5.41, 5.74) is 1.84. The van der Waals surface area contributed by atoms with E-state index in [-0.39, 0.29) is 24.2 Å². The van der Waals surface area contributed by atoms with E-state index < -0.39 is 5.97 Å². The summed E-state index contributed by atoms with van der Waals surface area (Å²) in [7, 11) is 0. The number of furan rings is 1. The van der Waals surface area contributed by atoms with Crippen molar-refractivity contribution in [2.45, 2.75) is 19.4 Å². The molecule has 1 heterocycles. The summed E-state index contributed by atoms with van der Waals surface area (Å²) in [6.07, 6.45) is 1.86. The maximum atomic E-state index is 12.3. The molecule has 0 unspecified atom stereocenters. The van der Waals surface area contributed by atoms with E-state index in [4.69, 9.17) is 20.8 Å². The van der Waals surface area contributed by atoms with E-state index in [9.17, 15) is 9.59 Å². The molecule has 0 spiro atoms. The van der Waals surface area contributed by atoms with Gasteiger partial charge < -0.3 is 14.5 Å². The second-order valence-corrected chi connectivity index (χ2v) is 6.67. The number of para-hydroxylation sites is 2. The fourth-order valence-electron chi connectivity index (χ4n) is 2.69. The van der Waals surface area contributed by atoms with Crippen LogP contribution in [0.25, 0.3) is 11.0 Å². The number of esters is 1. The molecule has 1 saturated carbocycles. The molecule has 1 aliphatic carbocycles. The van der Waals surface area contributed by atoms with Crippen LogP contribution in [0.4, 0.5) is 5.69 Å². The number of carbonyl (C=O) groups excluding carboxylic acids is 2. The number of halogens is 1. The molecule has 4 rings (SSSR count). The van der Waals surface area contributed by atoms with Gasteiger partial charge in [0.2, 0.25) is 11.7 Å². The van der Waals surface area contributed by atoms with E-state index in [1.54, 1.807) is 24.3 Å². The molecule has 1 amide bonds. The molecule has 132 valence electrons. The Morgan fingerprint density at radius 2 is 1.96 bits per heavy atom. The Bertz CT molecular complexity index is 990. The predicted octanol–water partition coefficient (Wildman–Crippen LogP) is 4.79. The second-order valence-electron chi connectivity index (χ2n) is 6.27. The number of hydrogen-bond donors (Lipinski definition) is 1. The van der Waals surface area contributed by atoms with Gasteiger partial charge in [-0.15, -0.1) is 0 Å². The number of amides is 1. The molecule has 2 aromatic carbocycles. The minimum atomic E-state index is -0.583. The third-order valence-electron chi connectivity index (χ3n) is 4.28. The zero-order valence-corrected chi connectivity index (χ0v) is 14.6. The topological polar surface area (TPSA) is 68.5 Å². The van der Waals surface area contributed by atoms with Crippen LogP contribution in [0.2, 0.25) is 5.02 Å². The van der Waals surface area contributed by atoms with E-state index in [0.717, 1.165) is 23.8 Å². The van der Waals surface area contributed by atoms with E-state index >= 15 is 0 Å². The van der Waals surface area contributed by atoms with Gasteiger partial charge in [0, 0.05) is 22.6 Å². The van der Waals surface area contributed by atoms with Gasteiger partial charge in [-0.2, -0.15) is 0 Å². The molecule has 1 N–H and O–H groups in total. The van der Waals surface area contributed by atoms with E-state index in [2.05, 4.69) is 5.32 Å². The predicted molar refractivity (Wildman–Crippen MR) is 98.1 cm³/mol. The summed E-state index contributed by atoms with van der Waals surface area (Å²) < 4.78 is 10.9. The smallest absolute Gasteiger partial charge is 0.374 e. The van der Waals surface area contributed by atoms with Crippen molar-refractivity contribution in [2.24, 2.45) is 5.92 Å². The molecule has 0 radical (unpaired) electrons. The lowest BCUT2D eigenvalue weighted by molar-refractivity contribution is -0.117. The number of anilines is 1. The summed E-state index contributed by atoms with van der Waals surface area (Å²) in [5, 5.41) is 4.07. The van der Waals surface area contributed by atoms with Crippen LogP contribution < -0.4 is 5.32 Å². The Balaban J connectivity index is 1.47. The maximum Gasteiger partial charge on any atom is 0.374 e. The highest BCUT2D eigenvalue weighted by Crippen LogP contribution is 2.31. The lowest BCUT2D eigenvalue weighted by Gasteiger charge is -2.10. The third-order valence-corrected chi connectivity index (χ3v) is 4.58. The van der Waals surface area contributed by atoms with Crippen LogP contribution in [0.15, 0.2) is 52.9 Å². The van der Waals surface area contributed by atoms with Crippen molar-refractivity contribution in [1.29, 1.82) is 0 Å². The van der Waals surface area contributed by atoms with Gasteiger partial charge in [-0.25, -0.2) is 4.79 Å². The zero-order valence-electron chi connectivity index (χ0n) is 13.8. The molecule has 5 nitrogen and oxygen atoms in total. The highest BCUT2D eigenvalue weighted by atomic mass is 35.5. The average Bonchev–Trinajstić information content (AvgIpc) is 3.40. The zero-order chi connectivity index (χ0) is 18.1. The number of rotatable bonds is 5. The second kappa shape index (κ2) is 6.84. The van der Waals surface area contributed by atoms with Crippen LogP contribution in [-0.2, 0) is 16.1 Å². The van der Waals surface area contributed by atoms with Crippen LogP contribution in [0.1, 0.15) is 29.0 Å². The first-order valence-corrected chi connectivity index (χ1v) is 8.73. The average molecular weight is 370 g/mol. The van der Waals surface area contributed by atoms with Gasteiger partial charge in [0.05, 0.1) is 5.02 Å². The largest absolute Gasteiger partial charge is 0.455 e. The van der Waals surface area contributed by atoms with Crippen LogP contribution in [-0.4, -0.2) is 11.9 Å². The quantitative estimate of drug-likeness (QED) is 0.656. The van der Waals surface area contributed by atoms with Gasteiger partial charge in [-0.1, -0.05) is 41.9 Å². The minimum Gasteiger partial charge on any atom is -0.455 e. The monoisotopic (exact) mass is 369 g/mol. The lowest BCUT2D eigenvalue weighted by atomic mass is 10.2. The van der Waals surface area contributed by atoms with Gasteiger partial charge in [0.15, 0.2) is 5.58 Å². The molecular formula is C20H16ClNO4. The molecule has 1 fully saturated rings. The summed E-state index contributed by atoms with van der Waals surface area (Å²) >= 11 is 6.06. The number of ether oxygens (including phenoxy) is 1. The third kappa shape index (κ3) is 3.44. The van der Waals surface area contributed by atoms with Gasteiger partial charge in [-0.3, -0.25) is 4.79 Å². The van der Waals surface area contributed by atoms with E-state index in [1.807, 2.05) is 24.3 Å². The molecular weight excluding hydrogens is 354 g/mol. The van der Waals surface area contributed by atoms with E-state index in [1.165, 1.54) is 0 Å². The Hall–Kier alpha value is -2.79. The standard InChI is InChI=1S/C20H16ClNO4/c21-15-6-3-5-13-10-17(26-18(13)15)20(24)25-11-14-4-1-2-7-16(14)22-19(23)12-8-9-12/h1-7,10,12H,8-9,11H2,(H,22,23). The van der Waals surface area contributed by atoms with E-state index in [0.29, 0.717) is 16.3 Å². The van der Waals surface area contributed by atoms with Crippen molar-refractivity contribution in [3.05, 3.63) is 64.9 Å². The SMILES string of the molecule is O=C(OCc1ccccc1NC(=O)C1CC1)c1cc2cccc(Cl)c2o1. The molecule has 6 heteroatoms. The highest BCUT2D eigenvalue weighted by molar-refractivity contribution is 6.34. The van der Waals surface area contributed by atoms with Crippen molar-refractivity contribution >= 4 is 40.1 Å². The van der Waals surface area contributed by atoms with Crippen molar-refractivity contribution in [3.8, 4) is 0 Å². The number of carbonyl (C=O) groups is 2. The molecule has 0 aliphatic heterocycles. The Morgan fingerprint density at radius 1 is 1.15 bits per heavy atom. The molecule has 3 aromatic rings. The van der Waals surface area contributed by atoms with Crippen LogP contribution >= 0.6 is 11.6 Å². The molecule has 26 heavy (non-hydrogen) atoms. The summed E-state index contributed by atoms with van der Waals surface area (Å²) in [6.45, 7) is 0.0325. The molecule has 0 saturated heterocycles. The number of hydrogen-bond acceptors (Lipinski definition) is 4. The van der Waals surface area contributed by atoms with Crippen LogP contribution in [0.3, 0.4) is 0 Å². The van der Waals surface area contributed by atoms with Crippen molar-refractivity contribution in [1.82, 2.24) is 0 Å². The Kier molecular flexibility index (Phi) is 4.39. The summed E-state index contributed by atoms with van der Waals surface area (Å²) in [6, 6.07) is 14.2. The number of nitrogens with one attached hydrogen (secondary N) is 1. The number of fused-ring (bicyclic) bond motifs is 1. The lowest BCUT2D eigenvalue weighted by Crippen LogP contribution is -2.15. The van der Waals surface area contributed by atoms with Gasteiger partial charge in [0.25, 0.3) is 0 Å². The Morgan fingerprint density at radius 3 is 2.73 bits per heavy atom. The minimum absolute atomic E-state index is 0.00991. The number of benzene rings is 2. The van der Waals surface area contributed by atoms with Crippen LogP contribution in [0.5, 0.6) is 0 Å². The van der Waals surface area contributed by atoms with Crippen molar-refractivity contribution in [3.63, 3.8) is 0 Å². The summed E-state index contributed by atoms with van der Waals surface area (Å²) in [5.74, 6) is -0.380. The maximum absolute atomic E-state index is 12.3. The van der Waals surface area contributed by atoms with Crippen LogP contribution in [0, 0.1) is 5.92 Å². The first-order chi connectivity index (χ1) is 12.6. The molecule has 0 bridgehead atoms. The first kappa shape index (κ1) is 16.7. The van der Waals surface area contributed by atoms with Gasteiger partial charge in [0.1, 0.15) is 6.61 Å². The van der Waals surface area contributed by atoms with Gasteiger partial charge >= 0.3 is 5.97 Å². The van der Waals surface area contributed by atoms with Crippen molar-refractivity contribution < 1.29 is 18.7 Å². The molecule has 0 atom stereocenters. The Labute approximate surface area is 154 Å². The molecule has 1 aliphatic rings. The van der Waals surface area contributed by atoms with Crippen molar-refractivity contribution in [2.75, 3.05) is 5.32 Å². The first-order valence-electron chi connectivity index (χ1n) is 8.36. The molecule has 1 aromatic heterocycles. The van der Waals surface area contributed by atoms with Gasteiger partial charge in [-0.05, 0) is 31.0 Å². The fraction of sp³-hybridized carbons (Fsp3) is 0.200. The highest BCUT2D eigenvalue weighted by Gasteiger charge is 2.30. The fourth-order valence-corrected chi connectivity index (χ4v) is 2.91. The normalized spacial score (nSPS) is 13.6.